The van der Waals surface area contributed by atoms with E-state index in [1.54, 1.807) is 13.0 Å². The van der Waals surface area contributed by atoms with Crippen LogP contribution >= 0.6 is 11.6 Å². The van der Waals surface area contributed by atoms with Crippen molar-refractivity contribution >= 4 is 29.1 Å². The van der Waals surface area contributed by atoms with Crippen molar-refractivity contribution in [1.29, 1.82) is 0 Å². The molecule has 0 radical (unpaired) electrons. The molecule has 0 aromatic heterocycles. The molecule has 0 saturated heterocycles. The fourth-order valence-corrected chi connectivity index (χ4v) is 5.51. The van der Waals surface area contributed by atoms with Gasteiger partial charge in [-0.1, -0.05) is 48.9 Å². The molecule has 2 aromatic carbocycles. The Morgan fingerprint density at radius 3 is 2.42 bits per heavy atom. The number of hydrogen-bond acceptors (Lipinski definition) is 8. The van der Waals surface area contributed by atoms with Crippen molar-refractivity contribution in [3.8, 4) is 17.2 Å². The van der Waals surface area contributed by atoms with E-state index in [0.717, 1.165) is 5.56 Å². The first-order valence-corrected chi connectivity index (χ1v) is 11.7. The Morgan fingerprint density at radius 1 is 1.08 bits per heavy atom. The van der Waals surface area contributed by atoms with Crippen molar-refractivity contribution in [1.82, 2.24) is 5.32 Å². The normalized spacial score (nSPS) is 24.4. The maximum absolute atomic E-state index is 14.4. The van der Waals surface area contributed by atoms with Crippen LogP contribution in [0.3, 0.4) is 0 Å². The lowest BCUT2D eigenvalue weighted by Gasteiger charge is -2.41. The minimum Gasteiger partial charge on any atom is -0.496 e. The Balaban J connectivity index is 1.67. The van der Waals surface area contributed by atoms with E-state index in [9.17, 15) is 14.4 Å². The molecule has 2 aromatic rings. The van der Waals surface area contributed by atoms with Crippen LogP contribution in [0.2, 0.25) is 5.02 Å². The molecule has 0 unspecified atom stereocenters. The van der Waals surface area contributed by atoms with Gasteiger partial charge in [-0.05, 0) is 18.1 Å². The lowest BCUT2D eigenvalue weighted by atomic mass is 9.67. The Hall–Kier alpha value is -3.78. The first kappa shape index (κ1) is 23.9. The van der Waals surface area contributed by atoms with Gasteiger partial charge in [0.05, 0.1) is 21.3 Å². The summed E-state index contributed by atoms with van der Waals surface area (Å²) in [5.74, 6) is -2.20. The van der Waals surface area contributed by atoms with Gasteiger partial charge in [0.25, 0.3) is 0 Å². The second-order valence-corrected chi connectivity index (χ2v) is 9.26. The quantitative estimate of drug-likeness (QED) is 0.488. The number of hydrogen-bond donors (Lipinski definition) is 1. The molecule has 1 N–H and O–H groups in total. The van der Waals surface area contributed by atoms with Crippen molar-refractivity contribution < 1.29 is 33.3 Å². The molecular weight excluding hydrogens is 486 g/mol. The molecule has 2 aliphatic heterocycles. The standard InChI is InChI=1S/C27H24ClNO7/c1-13-10-16-20(15(14-8-6-5-7-9-14)11-17(29-16)26(32)35-4)24(30)27(13)25(31)21-18(33-2)12-19(34-3)22(28)23(21)36-27/h5-9,11-13,15,29H,10H2,1-4H3/t13-,15-,27+/m1/s1. The van der Waals surface area contributed by atoms with Gasteiger partial charge in [0.1, 0.15) is 27.8 Å². The molecular formula is C27H24ClNO7. The van der Waals surface area contributed by atoms with Gasteiger partial charge in [-0.15, -0.1) is 0 Å². The fraction of sp³-hybridized carbons (Fsp3) is 0.296. The Morgan fingerprint density at radius 2 is 1.78 bits per heavy atom. The summed E-state index contributed by atoms with van der Waals surface area (Å²) in [7, 11) is 4.15. The number of benzene rings is 2. The van der Waals surface area contributed by atoms with Crippen molar-refractivity contribution in [2.75, 3.05) is 21.3 Å². The summed E-state index contributed by atoms with van der Waals surface area (Å²) in [6, 6.07) is 10.8. The zero-order valence-corrected chi connectivity index (χ0v) is 20.9. The number of nitrogens with one attached hydrogen (secondary N) is 1. The van der Waals surface area contributed by atoms with Gasteiger partial charge in [0.15, 0.2) is 5.75 Å². The number of allylic oxidation sites excluding steroid dienone is 2. The number of Topliss-reactive ketones (excluding diaryl/α,β-unsaturated/α-hetero) is 2. The monoisotopic (exact) mass is 509 g/mol. The number of fused-ring (bicyclic) bond motifs is 1. The summed E-state index contributed by atoms with van der Waals surface area (Å²) in [6.07, 6.45) is 1.92. The van der Waals surface area contributed by atoms with E-state index >= 15 is 0 Å². The summed E-state index contributed by atoms with van der Waals surface area (Å²) < 4.78 is 21.9. The fourth-order valence-electron chi connectivity index (χ4n) is 5.25. The smallest absolute Gasteiger partial charge is 0.354 e. The minimum absolute atomic E-state index is 0.0629. The Labute approximate surface area is 212 Å². The molecule has 5 rings (SSSR count). The number of halogens is 1. The molecule has 1 spiro atoms. The molecule has 186 valence electrons. The summed E-state index contributed by atoms with van der Waals surface area (Å²) in [5, 5.41) is 3.16. The Bertz CT molecular complexity index is 1360. The van der Waals surface area contributed by atoms with E-state index in [1.807, 2.05) is 30.3 Å². The van der Waals surface area contributed by atoms with Crippen LogP contribution < -0.4 is 19.5 Å². The van der Waals surface area contributed by atoms with Gasteiger partial charge in [-0.25, -0.2) is 4.79 Å². The van der Waals surface area contributed by atoms with Gasteiger partial charge >= 0.3 is 5.97 Å². The highest BCUT2D eigenvalue weighted by Crippen LogP contribution is 2.55. The molecule has 3 atom stereocenters. The first-order valence-electron chi connectivity index (χ1n) is 11.4. The first-order chi connectivity index (χ1) is 17.3. The number of dihydropyridines is 1. The van der Waals surface area contributed by atoms with Crippen molar-refractivity contribution in [3.05, 3.63) is 75.6 Å². The van der Waals surface area contributed by atoms with Gasteiger partial charge in [0.2, 0.25) is 17.2 Å². The summed E-state index contributed by atoms with van der Waals surface area (Å²) >= 11 is 6.52. The number of rotatable bonds is 4. The van der Waals surface area contributed by atoms with Crippen LogP contribution in [-0.4, -0.2) is 44.5 Å². The molecule has 0 fully saturated rings. The highest BCUT2D eigenvalue weighted by molar-refractivity contribution is 6.36. The third-order valence-electron chi connectivity index (χ3n) is 7.02. The van der Waals surface area contributed by atoms with Gasteiger partial charge in [-0.3, -0.25) is 9.59 Å². The van der Waals surface area contributed by atoms with Crippen molar-refractivity contribution in [2.45, 2.75) is 24.9 Å². The SMILES string of the molecule is COC(=O)C1=C[C@H](c2ccccc2)C2=C(C[C@@H](C)[C@]3(Oc4c(Cl)c(OC)cc(OC)c4C3=O)C2=O)N1. The van der Waals surface area contributed by atoms with E-state index < -0.39 is 35.0 Å². The average Bonchev–Trinajstić information content (AvgIpc) is 3.21. The second-order valence-electron chi connectivity index (χ2n) is 8.88. The number of carbonyl (C=O) groups is 3. The van der Waals surface area contributed by atoms with Crippen LogP contribution in [0.1, 0.15) is 35.2 Å². The van der Waals surface area contributed by atoms with Gasteiger partial charge in [0, 0.05) is 29.2 Å². The summed E-state index contributed by atoms with van der Waals surface area (Å²) in [4.78, 5) is 40.8. The van der Waals surface area contributed by atoms with Crippen LogP contribution in [0.25, 0.3) is 0 Å². The lowest BCUT2D eigenvalue weighted by molar-refractivity contribution is -0.137. The molecule has 0 bridgehead atoms. The van der Waals surface area contributed by atoms with Crippen molar-refractivity contribution in [3.63, 3.8) is 0 Å². The van der Waals surface area contributed by atoms with Gasteiger partial charge < -0.3 is 24.3 Å². The number of methoxy groups -OCH3 is 3. The molecule has 0 amide bonds. The van der Waals surface area contributed by atoms with Crippen LogP contribution in [0, 0.1) is 5.92 Å². The molecule has 9 heteroatoms. The number of carbonyl (C=O) groups excluding carboxylic acids is 3. The third-order valence-corrected chi connectivity index (χ3v) is 7.38. The largest absolute Gasteiger partial charge is 0.496 e. The van der Waals surface area contributed by atoms with Crippen LogP contribution in [0.4, 0.5) is 0 Å². The average molecular weight is 510 g/mol. The molecule has 1 aliphatic carbocycles. The molecule has 36 heavy (non-hydrogen) atoms. The van der Waals surface area contributed by atoms with Crippen LogP contribution in [0.15, 0.2) is 59.4 Å². The zero-order valence-electron chi connectivity index (χ0n) is 20.1. The third kappa shape index (κ3) is 3.24. The molecule has 2 heterocycles. The predicted octanol–water partition coefficient (Wildman–Crippen LogP) is 3.98. The second kappa shape index (κ2) is 8.71. The lowest BCUT2D eigenvalue weighted by Crippen LogP contribution is -2.58. The topological polar surface area (TPSA) is 100 Å². The maximum Gasteiger partial charge on any atom is 0.354 e. The Kier molecular flexibility index (Phi) is 5.79. The van der Waals surface area contributed by atoms with E-state index in [4.69, 9.17) is 30.5 Å². The molecule has 3 aliphatic rings. The van der Waals surface area contributed by atoms with Crippen molar-refractivity contribution in [2.24, 2.45) is 5.92 Å². The molecule has 0 saturated carbocycles. The highest BCUT2D eigenvalue weighted by atomic mass is 35.5. The number of esters is 1. The summed E-state index contributed by atoms with van der Waals surface area (Å²) in [5.41, 5.74) is 0.200. The van der Waals surface area contributed by atoms with E-state index in [-0.39, 0.29) is 40.0 Å². The van der Waals surface area contributed by atoms with E-state index in [2.05, 4.69) is 5.32 Å². The zero-order chi connectivity index (χ0) is 25.8. The van der Waals surface area contributed by atoms with Gasteiger partial charge in [-0.2, -0.15) is 0 Å². The van der Waals surface area contributed by atoms with E-state index in [1.165, 1.54) is 27.4 Å². The number of ether oxygens (including phenoxy) is 4. The van der Waals surface area contributed by atoms with E-state index in [0.29, 0.717) is 11.3 Å². The highest BCUT2D eigenvalue weighted by Gasteiger charge is 2.63. The van der Waals surface area contributed by atoms with Crippen LogP contribution in [-0.2, 0) is 14.3 Å². The predicted molar refractivity (Wildman–Crippen MR) is 130 cm³/mol. The number of ketones is 2. The molecule has 8 nitrogen and oxygen atoms in total. The minimum atomic E-state index is -1.84. The maximum atomic E-state index is 14.4. The summed E-state index contributed by atoms with van der Waals surface area (Å²) in [6.45, 7) is 1.76. The van der Waals surface area contributed by atoms with Crippen LogP contribution in [0.5, 0.6) is 17.2 Å².